The topological polar surface area (TPSA) is 113 Å². The van der Waals surface area contributed by atoms with Crippen molar-refractivity contribution < 1.29 is 24.4 Å². The highest BCUT2D eigenvalue weighted by Crippen LogP contribution is 2.34. The molecule has 0 bridgehead atoms. The molecule has 1 aromatic heterocycles. The van der Waals surface area contributed by atoms with Crippen LogP contribution < -0.4 is 10.2 Å². The van der Waals surface area contributed by atoms with E-state index in [4.69, 9.17) is 19.8 Å². The van der Waals surface area contributed by atoms with Gasteiger partial charge >= 0.3 is 13.5 Å². The molecule has 1 atom stereocenters. The van der Waals surface area contributed by atoms with Gasteiger partial charge in [-0.1, -0.05) is 0 Å². The number of carboxylic acids is 1. The highest BCUT2D eigenvalue weighted by atomic mass is 16.6. The summed E-state index contributed by atoms with van der Waals surface area (Å²) in [7, 11) is 1.31. The summed E-state index contributed by atoms with van der Waals surface area (Å²) in [5.41, 5.74) is 2.01. The molecule has 0 aliphatic carbocycles. The fourth-order valence-electron chi connectivity index (χ4n) is 2.65. The number of hydrogen-bond acceptors (Lipinski definition) is 6. The van der Waals surface area contributed by atoms with Crippen molar-refractivity contribution in [1.29, 1.82) is 5.26 Å². The van der Waals surface area contributed by atoms with E-state index in [0.717, 1.165) is 0 Å². The molecule has 7 nitrogen and oxygen atoms in total. The normalized spacial score (nSPS) is 18.4. The van der Waals surface area contributed by atoms with Crippen molar-refractivity contribution in [3.63, 3.8) is 0 Å². The van der Waals surface area contributed by atoms with Crippen LogP contribution in [0.4, 0.5) is 0 Å². The minimum Gasteiger partial charge on any atom is -0.481 e. The molecule has 2 aromatic rings. The van der Waals surface area contributed by atoms with E-state index in [1.165, 1.54) is 13.7 Å². The molecule has 119 valence electrons. The minimum absolute atomic E-state index is 0.313. The Hall–Kier alpha value is -2.89. The number of rotatable bonds is 4. The van der Waals surface area contributed by atoms with Gasteiger partial charge in [-0.25, -0.2) is 4.98 Å². The number of aliphatic carboxylic acids is 1. The Balaban J connectivity index is 1.90. The van der Waals surface area contributed by atoms with E-state index >= 15 is 0 Å². The first-order chi connectivity index (χ1) is 11.4. The molecule has 1 aliphatic rings. The van der Waals surface area contributed by atoms with E-state index in [2.05, 4.69) is 4.98 Å². The van der Waals surface area contributed by atoms with Gasteiger partial charge < -0.3 is 19.6 Å². The number of carboxylic acid groups (broad SMARTS) is 1. The molecule has 0 amide bonds. The molecule has 2 heterocycles. The standard InChI is InChI=1S/C16H12BN2O5/c1-9-4-11(23-13-3-2-10(7-18)8-19-13)5-12-15(9)16(22,24-17-12)6-14(20)21/h2-5,8,22H,6H2,1H3,(H,20,21). The Morgan fingerprint density at radius 3 is 2.92 bits per heavy atom. The number of fused-ring (bicyclic) bond motifs is 1. The van der Waals surface area contributed by atoms with Gasteiger partial charge in [-0.3, -0.25) is 4.79 Å². The minimum atomic E-state index is -1.88. The van der Waals surface area contributed by atoms with Crippen LogP contribution in [0.1, 0.15) is 23.1 Å². The van der Waals surface area contributed by atoms with Gasteiger partial charge in [-0.15, -0.1) is 0 Å². The number of carbonyl (C=O) groups is 1. The SMILES string of the molecule is Cc1cc(Oc2ccc(C#N)cn2)cc2c1C(O)(CC(=O)O)O[B]2. The Morgan fingerprint density at radius 2 is 2.29 bits per heavy atom. The zero-order chi connectivity index (χ0) is 17.3. The van der Waals surface area contributed by atoms with Crippen molar-refractivity contribution in [1.82, 2.24) is 4.98 Å². The van der Waals surface area contributed by atoms with Crippen LogP contribution in [-0.2, 0) is 15.2 Å². The van der Waals surface area contributed by atoms with Crippen LogP contribution >= 0.6 is 0 Å². The third kappa shape index (κ3) is 2.95. The lowest BCUT2D eigenvalue weighted by Crippen LogP contribution is -2.30. The molecule has 3 rings (SSSR count). The van der Waals surface area contributed by atoms with Gasteiger partial charge in [0.1, 0.15) is 18.2 Å². The summed E-state index contributed by atoms with van der Waals surface area (Å²) in [5.74, 6) is -2.27. The largest absolute Gasteiger partial charge is 0.481 e. The maximum atomic E-state index is 10.9. The highest BCUT2D eigenvalue weighted by Gasteiger charge is 2.42. The third-order valence-electron chi connectivity index (χ3n) is 3.59. The fourth-order valence-corrected chi connectivity index (χ4v) is 2.65. The van der Waals surface area contributed by atoms with E-state index in [1.54, 1.807) is 31.2 Å². The average molecular weight is 323 g/mol. The Kier molecular flexibility index (Phi) is 3.97. The first-order valence-corrected chi connectivity index (χ1v) is 7.05. The molecule has 2 N–H and O–H groups in total. The van der Waals surface area contributed by atoms with Gasteiger partial charge in [0.2, 0.25) is 5.88 Å². The number of aryl methyl sites for hydroxylation is 1. The number of aromatic nitrogens is 1. The van der Waals surface area contributed by atoms with Crippen molar-refractivity contribution in [2.24, 2.45) is 0 Å². The van der Waals surface area contributed by atoms with Crippen LogP contribution in [-0.4, -0.2) is 28.6 Å². The lowest BCUT2D eigenvalue weighted by atomic mass is 9.83. The van der Waals surface area contributed by atoms with Crippen molar-refractivity contribution in [2.45, 2.75) is 19.1 Å². The number of benzene rings is 1. The maximum Gasteiger partial charge on any atom is 0.334 e. The smallest absolute Gasteiger partial charge is 0.334 e. The van der Waals surface area contributed by atoms with Crippen molar-refractivity contribution >= 4 is 18.9 Å². The second kappa shape index (κ2) is 5.96. The number of nitrogens with zero attached hydrogens (tertiary/aromatic N) is 2. The second-order valence-electron chi connectivity index (χ2n) is 5.39. The van der Waals surface area contributed by atoms with Gasteiger partial charge in [0.25, 0.3) is 0 Å². The number of aliphatic hydroxyl groups is 1. The molecule has 0 saturated carbocycles. The van der Waals surface area contributed by atoms with Crippen LogP contribution in [0.15, 0.2) is 30.5 Å². The van der Waals surface area contributed by atoms with E-state index in [-0.39, 0.29) is 0 Å². The zero-order valence-electron chi connectivity index (χ0n) is 12.7. The average Bonchev–Trinajstić information content (AvgIpc) is 2.84. The molecular weight excluding hydrogens is 311 g/mol. The van der Waals surface area contributed by atoms with Crippen LogP contribution in [0.2, 0.25) is 0 Å². The van der Waals surface area contributed by atoms with E-state index in [0.29, 0.717) is 33.8 Å². The van der Waals surface area contributed by atoms with Crippen molar-refractivity contribution in [3.8, 4) is 17.7 Å². The Labute approximate surface area is 138 Å². The molecule has 0 fully saturated rings. The lowest BCUT2D eigenvalue weighted by Gasteiger charge is -2.24. The van der Waals surface area contributed by atoms with Crippen LogP contribution in [0.25, 0.3) is 0 Å². The fraction of sp³-hybridized carbons (Fsp3) is 0.188. The van der Waals surface area contributed by atoms with Gasteiger partial charge in [-0.2, -0.15) is 5.26 Å². The summed E-state index contributed by atoms with van der Waals surface area (Å²) in [6, 6.07) is 8.42. The van der Waals surface area contributed by atoms with Gasteiger partial charge in [0, 0.05) is 17.8 Å². The molecule has 1 radical (unpaired) electrons. The molecule has 0 saturated heterocycles. The zero-order valence-corrected chi connectivity index (χ0v) is 12.7. The summed E-state index contributed by atoms with van der Waals surface area (Å²) in [5, 5.41) is 28.1. The monoisotopic (exact) mass is 323 g/mol. The Bertz CT molecular complexity index is 847. The van der Waals surface area contributed by atoms with Gasteiger partial charge in [-0.05, 0) is 36.1 Å². The number of nitriles is 1. The van der Waals surface area contributed by atoms with E-state index in [9.17, 15) is 9.90 Å². The van der Waals surface area contributed by atoms with E-state index < -0.39 is 18.2 Å². The van der Waals surface area contributed by atoms with Gasteiger partial charge in [0.15, 0.2) is 5.79 Å². The number of ether oxygens (including phenoxy) is 1. The van der Waals surface area contributed by atoms with E-state index in [1.807, 2.05) is 6.07 Å². The van der Waals surface area contributed by atoms with Crippen molar-refractivity contribution in [2.75, 3.05) is 0 Å². The summed E-state index contributed by atoms with van der Waals surface area (Å²) >= 11 is 0. The predicted octanol–water partition coefficient (Wildman–Crippen LogP) is 0.948. The molecule has 24 heavy (non-hydrogen) atoms. The third-order valence-corrected chi connectivity index (χ3v) is 3.59. The predicted molar refractivity (Wildman–Crippen MR) is 82.8 cm³/mol. The number of hydrogen-bond donors (Lipinski definition) is 2. The summed E-state index contributed by atoms with van der Waals surface area (Å²) < 4.78 is 10.8. The molecule has 8 heteroatoms. The van der Waals surface area contributed by atoms with Crippen molar-refractivity contribution in [3.05, 3.63) is 47.2 Å². The van der Waals surface area contributed by atoms with Crippen LogP contribution in [0.5, 0.6) is 11.6 Å². The first kappa shape index (κ1) is 16.0. The number of pyridine rings is 1. The maximum absolute atomic E-state index is 10.9. The van der Waals surface area contributed by atoms with Gasteiger partial charge in [0.05, 0.1) is 5.56 Å². The van der Waals surface area contributed by atoms with Crippen LogP contribution in [0, 0.1) is 18.3 Å². The summed E-state index contributed by atoms with van der Waals surface area (Å²) in [4.78, 5) is 15.0. The second-order valence-corrected chi connectivity index (χ2v) is 5.39. The summed E-state index contributed by atoms with van der Waals surface area (Å²) in [6.07, 6.45) is 0.838. The van der Waals surface area contributed by atoms with Crippen LogP contribution in [0.3, 0.4) is 0 Å². The molecule has 1 aliphatic heterocycles. The molecule has 1 unspecified atom stereocenters. The highest BCUT2D eigenvalue weighted by molar-refractivity contribution is 6.49. The molecule has 0 spiro atoms. The quantitative estimate of drug-likeness (QED) is 0.805. The lowest BCUT2D eigenvalue weighted by molar-refractivity contribution is -0.170. The Morgan fingerprint density at radius 1 is 1.50 bits per heavy atom. The first-order valence-electron chi connectivity index (χ1n) is 7.05. The summed E-state index contributed by atoms with van der Waals surface area (Å²) in [6.45, 7) is 1.73. The molecule has 1 aromatic carbocycles. The molecular formula is C16H12BN2O5.